The summed E-state index contributed by atoms with van der Waals surface area (Å²) in [7, 11) is 1.50. The van der Waals surface area contributed by atoms with E-state index in [4.69, 9.17) is 9.47 Å². The molecular weight excluding hydrogens is 312 g/mol. The van der Waals surface area contributed by atoms with Crippen LogP contribution < -0.4 is 15.1 Å². The maximum atomic E-state index is 9.26. The molecule has 1 aromatic carbocycles. The molecule has 126 valence electrons. The van der Waals surface area contributed by atoms with Gasteiger partial charge in [0, 0.05) is 13.1 Å². The lowest BCUT2D eigenvalue weighted by Gasteiger charge is -2.26. The number of nitrogens with one attached hydrogen (secondary N) is 1. The average Bonchev–Trinajstić information content (AvgIpc) is 2.64. The molecule has 24 heavy (non-hydrogen) atoms. The number of aromatic nitrogens is 3. The summed E-state index contributed by atoms with van der Waals surface area (Å²) >= 11 is 0. The van der Waals surface area contributed by atoms with Crippen molar-refractivity contribution in [3.05, 3.63) is 29.8 Å². The molecule has 2 aromatic rings. The zero-order valence-electron chi connectivity index (χ0n) is 13.2. The highest BCUT2D eigenvalue weighted by molar-refractivity contribution is 5.80. The topological polar surface area (TPSA) is 105 Å². The van der Waals surface area contributed by atoms with Crippen molar-refractivity contribution in [2.24, 2.45) is 5.10 Å². The molecule has 1 aliphatic heterocycles. The molecule has 3 rings (SSSR count). The van der Waals surface area contributed by atoms with Crippen molar-refractivity contribution in [2.75, 3.05) is 43.7 Å². The molecule has 0 aliphatic carbocycles. The van der Waals surface area contributed by atoms with E-state index in [1.165, 1.54) is 7.11 Å². The van der Waals surface area contributed by atoms with E-state index in [2.05, 4.69) is 25.5 Å². The van der Waals surface area contributed by atoms with Crippen LogP contribution in [0.25, 0.3) is 0 Å². The number of hydrogen-bond acceptors (Lipinski definition) is 9. The summed E-state index contributed by atoms with van der Waals surface area (Å²) in [6.07, 6.45) is 1.60. The zero-order valence-corrected chi connectivity index (χ0v) is 13.2. The fourth-order valence-electron chi connectivity index (χ4n) is 2.12. The third-order valence-electron chi connectivity index (χ3n) is 3.35. The molecule has 0 amide bonds. The minimum atomic E-state index is 0.206. The van der Waals surface area contributed by atoms with Crippen LogP contribution in [0.3, 0.4) is 0 Å². The van der Waals surface area contributed by atoms with Gasteiger partial charge in [-0.15, -0.1) is 0 Å². The van der Waals surface area contributed by atoms with Crippen molar-refractivity contribution in [3.63, 3.8) is 0 Å². The molecule has 9 nitrogen and oxygen atoms in total. The third-order valence-corrected chi connectivity index (χ3v) is 3.35. The number of hydrazone groups is 1. The van der Waals surface area contributed by atoms with Gasteiger partial charge in [0.15, 0.2) is 0 Å². The molecule has 1 fully saturated rings. The molecular formula is C15H18N6O3. The molecule has 0 saturated carbocycles. The van der Waals surface area contributed by atoms with Gasteiger partial charge in [0.1, 0.15) is 5.75 Å². The molecule has 1 saturated heterocycles. The van der Waals surface area contributed by atoms with Crippen molar-refractivity contribution in [2.45, 2.75) is 0 Å². The number of phenols is 1. The summed E-state index contributed by atoms with van der Waals surface area (Å²) < 4.78 is 10.5. The number of morpholine rings is 1. The maximum Gasteiger partial charge on any atom is 0.322 e. The van der Waals surface area contributed by atoms with Crippen LogP contribution in [0.2, 0.25) is 0 Å². The molecule has 0 atom stereocenters. The van der Waals surface area contributed by atoms with Gasteiger partial charge in [0.25, 0.3) is 5.95 Å². The van der Waals surface area contributed by atoms with Crippen LogP contribution in [-0.2, 0) is 4.74 Å². The first-order valence-corrected chi connectivity index (χ1v) is 7.45. The van der Waals surface area contributed by atoms with Crippen molar-refractivity contribution >= 4 is 18.1 Å². The predicted octanol–water partition coefficient (Wildman–Crippen LogP) is 0.868. The van der Waals surface area contributed by atoms with Crippen molar-refractivity contribution in [1.29, 1.82) is 0 Å². The minimum absolute atomic E-state index is 0.206. The Morgan fingerprint density at radius 1 is 1.21 bits per heavy atom. The standard InChI is InChI=1S/C15H18N6O3/c1-23-15-18-13(17-14(19-15)21-6-8-24-9-7-21)20-16-10-11-2-4-12(22)5-3-11/h2-5,10,22H,6-9H2,1H3,(H,17,18,19,20)/b16-10-. The first-order chi connectivity index (χ1) is 11.7. The first-order valence-electron chi connectivity index (χ1n) is 7.45. The van der Waals surface area contributed by atoms with E-state index in [0.29, 0.717) is 38.2 Å². The van der Waals surface area contributed by atoms with E-state index in [-0.39, 0.29) is 11.8 Å². The Bertz CT molecular complexity index is 701. The minimum Gasteiger partial charge on any atom is -0.508 e. The number of methoxy groups -OCH3 is 1. The second-order valence-corrected chi connectivity index (χ2v) is 5.01. The van der Waals surface area contributed by atoms with E-state index in [0.717, 1.165) is 5.56 Å². The van der Waals surface area contributed by atoms with Gasteiger partial charge >= 0.3 is 6.01 Å². The smallest absolute Gasteiger partial charge is 0.322 e. The number of ether oxygens (including phenoxy) is 2. The molecule has 0 unspecified atom stereocenters. The number of rotatable bonds is 5. The summed E-state index contributed by atoms with van der Waals surface area (Å²) in [5.41, 5.74) is 3.60. The lowest BCUT2D eigenvalue weighted by Crippen LogP contribution is -2.37. The van der Waals surface area contributed by atoms with E-state index in [1.54, 1.807) is 30.5 Å². The van der Waals surface area contributed by atoms with Gasteiger partial charge < -0.3 is 19.5 Å². The molecule has 2 heterocycles. The zero-order chi connectivity index (χ0) is 16.8. The van der Waals surface area contributed by atoms with Crippen LogP contribution in [0.1, 0.15) is 5.56 Å². The van der Waals surface area contributed by atoms with Crippen LogP contribution in [0, 0.1) is 0 Å². The van der Waals surface area contributed by atoms with Crippen molar-refractivity contribution < 1.29 is 14.6 Å². The predicted molar refractivity (Wildman–Crippen MR) is 88.7 cm³/mol. The highest BCUT2D eigenvalue weighted by Crippen LogP contribution is 2.16. The molecule has 1 aliphatic rings. The Balaban J connectivity index is 1.73. The van der Waals surface area contributed by atoms with Gasteiger partial charge in [-0.05, 0) is 29.8 Å². The molecule has 2 N–H and O–H groups in total. The second-order valence-electron chi connectivity index (χ2n) is 5.01. The third kappa shape index (κ3) is 4.07. The quantitative estimate of drug-likeness (QED) is 0.614. The number of benzene rings is 1. The lowest BCUT2D eigenvalue weighted by atomic mass is 10.2. The average molecular weight is 330 g/mol. The molecule has 0 radical (unpaired) electrons. The summed E-state index contributed by atoms with van der Waals surface area (Å²) in [5.74, 6) is 1.02. The summed E-state index contributed by atoms with van der Waals surface area (Å²) in [6.45, 7) is 2.69. The van der Waals surface area contributed by atoms with Crippen LogP contribution in [0.5, 0.6) is 11.8 Å². The number of anilines is 2. The monoisotopic (exact) mass is 330 g/mol. The van der Waals surface area contributed by atoms with Crippen LogP contribution in [0.4, 0.5) is 11.9 Å². The van der Waals surface area contributed by atoms with Gasteiger partial charge in [-0.3, -0.25) is 0 Å². The Morgan fingerprint density at radius 3 is 2.67 bits per heavy atom. The van der Waals surface area contributed by atoms with Gasteiger partial charge in [-0.2, -0.15) is 20.1 Å². The summed E-state index contributed by atoms with van der Waals surface area (Å²) in [6, 6.07) is 6.88. The molecule has 0 bridgehead atoms. The fraction of sp³-hybridized carbons (Fsp3) is 0.333. The van der Waals surface area contributed by atoms with Crippen LogP contribution >= 0.6 is 0 Å². The highest BCUT2D eigenvalue weighted by atomic mass is 16.5. The van der Waals surface area contributed by atoms with E-state index >= 15 is 0 Å². The van der Waals surface area contributed by atoms with Gasteiger partial charge in [-0.25, -0.2) is 5.43 Å². The van der Waals surface area contributed by atoms with Gasteiger partial charge in [-0.1, -0.05) is 0 Å². The molecule has 0 spiro atoms. The van der Waals surface area contributed by atoms with E-state index in [9.17, 15) is 5.11 Å². The van der Waals surface area contributed by atoms with E-state index in [1.807, 2.05) is 4.90 Å². The van der Waals surface area contributed by atoms with Gasteiger partial charge in [0.2, 0.25) is 5.95 Å². The summed E-state index contributed by atoms with van der Waals surface area (Å²) in [4.78, 5) is 14.7. The number of phenolic OH excluding ortho intramolecular Hbond substituents is 1. The van der Waals surface area contributed by atoms with E-state index < -0.39 is 0 Å². The van der Waals surface area contributed by atoms with Crippen molar-refractivity contribution in [3.8, 4) is 11.8 Å². The SMILES string of the molecule is COc1nc(N/N=C\c2ccc(O)cc2)nc(N2CCOCC2)n1. The molecule has 1 aromatic heterocycles. The fourth-order valence-corrected chi connectivity index (χ4v) is 2.12. The Kier molecular flexibility index (Phi) is 5.02. The van der Waals surface area contributed by atoms with Crippen LogP contribution in [0.15, 0.2) is 29.4 Å². The van der Waals surface area contributed by atoms with Gasteiger partial charge in [0.05, 0.1) is 26.5 Å². The largest absolute Gasteiger partial charge is 0.508 e. The van der Waals surface area contributed by atoms with Crippen LogP contribution in [-0.4, -0.2) is 59.7 Å². The number of aromatic hydroxyl groups is 1. The Hall–Kier alpha value is -2.94. The normalized spacial score (nSPS) is 14.8. The van der Waals surface area contributed by atoms with Crippen molar-refractivity contribution in [1.82, 2.24) is 15.0 Å². The summed E-state index contributed by atoms with van der Waals surface area (Å²) in [5, 5.41) is 13.4. The Morgan fingerprint density at radius 2 is 1.96 bits per heavy atom. The number of nitrogens with zero attached hydrogens (tertiary/aromatic N) is 5. The maximum absolute atomic E-state index is 9.26. The number of hydrogen-bond donors (Lipinski definition) is 2. The lowest BCUT2D eigenvalue weighted by molar-refractivity contribution is 0.122. The molecule has 9 heteroatoms. The Labute approximate surface area is 139 Å². The second kappa shape index (κ2) is 7.55. The first kappa shape index (κ1) is 15.9. The highest BCUT2D eigenvalue weighted by Gasteiger charge is 2.16.